The maximum absolute atomic E-state index is 12.4. The first-order valence-electron chi connectivity index (χ1n) is 7.20. The lowest BCUT2D eigenvalue weighted by Gasteiger charge is -2.39. The van der Waals surface area contributed by atoms with Gasteiger partial charge in [0.2, 0.25) is 0 Å². The molecule has 0 unspecified atom stereocenters. The molecule has 1 atom stereocenters. The number of carbonyl (C=O) groups excluding carboxylic acids is 2. The molecule has 2 aliphatic heterocycles. The molecule has 2 fully saturated rings. The van der Waals surface area contributed by atoms with Gasteiger partial charge in [0.1, 0.15) is 6.04 Å². The number of nitrogens with one attached hydrogen (secondary N) is 1. The molecular weight excluding hydrogens is 332 g/mol. The van der Waals surface area contributed by atoms with Gasteiger partial charge in [0.25, 0.3) is 5.91 Å². The summed E-state index contributed by atoms with van der Waals surface area (Å²) in [5, 5.41) is 2.24. The van der Waals surface area contributed by atoms with Gasteiger partial charge in [-0.25, -0.2) is 9.80 Å². The number of hydrogen-bond donors (Lipinski definition) is 2. The van der Waals surface area contributed by atoms with Gasteiger partial charge in [0.15, 0.2) is 0 Å². The van der Waals surface area contributed by atoms with Crippen molar-refractivity contribution in [3.63, 3.8) is 0 Å². The van der Waals surface area contributed by atoms with E-state index in [-0.39, 0.29) is 25.4 Å². The molecule has 0 aromatic rings. The highest BCUT2D eigenvalue weighted by atomic mass is 32.3. The van der Waals surface area contributed by atoms with E-state index in [2.05, 4.69) is 9.71 Å². The molecule has 2 N–H and O–H groups in total. The van der Waals surface area contributed by atoms with Crippen molar-refractivity contribution in [3.05, 3.63) is 0 Å². The average molecular weight is 352 g/mol. The van der Waals surface area contributed by atoms with Crippen LogP contribution in [0.5, 0.6) is 0 Å². The van der Waals surface area contributed by atoms with Gasteiger partial charge in [-0.05, 0) is 13.3 Å². The number of hydrogen-bond acceptors (Lipinski definition) is 7. The largest absolute Gasteiger partial charge is 0.418 e. The molecule has 0 bridgehead atoms. The van der Waals surface area contributed by atoms with E-state index in [1.165, 1.54) is 4.90 Å². The molecular formula is C11H20N4O7S. The summed E-state index contributed by atoms with van der Waals surface area (Å²) in [7, 11) is -4.79. The monoisotopic (exact) mass is 352 g/mol. The molecule has 12 heteroatoms. The summed E-state index contributed by atoms with van der Waals surface area (Å²) in [5.74, 6) is -0.353. The Bertz CT molecular complexity index is 549. The number of rotatable bonds is 5. The normalized spacial score (nSPS) is 23.9. The predicted molar refractivity (Wildman–Crippen MR) is 76.1 cm³/mol. The van der Waals surface area contributed by atoms with E-state index in [4.69, 9.17) is 9.29 Å². The minimum absolute atomic E-state index is 0.129. The molecule has 132 valence electrons. The fourth-order valence-electron chi connectivity index (χ4n) is 2.48. The molecule has 3 amide bonds. The van der Waals surface area contributed by atoms with Gasteiger partial charge in [0.05, 0.1) is 19.8 Å². The second-order valence-corrected chi connectivity index (χ2v) is 6.06. The second-order valence-electron chi connectivity index (χ2n) is 5.05. The van der Waals surface area contributed by atoms with Gasteiger partial charge in [0, 0.05) is 19.6 Å². The van der Waals surface area contributed by atoms with Gasteiger partial charge in [-0.1, -0.05) is 0 Å². The number of amides is 3. The third-order valence-corrected chi connectivity index (χ3v) is 3.92. The first-order valence-corrected chi connectivity index (χ1v) is 8.56. The fourth-order valence-corrected chi connectivity index (χ4v) is 2.85. The first kappa shape index (κ1) is 17.9. The predicted octanol–water partition coefficient (Wildman–Crippen LogP) is -1.40. The highest BCUT2D eigenvalue weighted by Gasteiger charge is 2.39. The molecule has 0 aliphatic carbocycles. The van der Waals surface area contributed by atoms with Gasteiger partial charge in [-0.2, -0.15) is 13.5 Å². The van der Waals surface area contributed by atoms with Crippen molar-refractivity contribution in [2.75, 3.05) is 39.4 Å². The molecule has 0 saturated carbocycles. The maximum Gasteiger partial charge on any atom is 0.418 e. The van der Waals surface area contributed by atoms with Crippen LogP contribution in [0.3, 0.4) is 0 Å². The Morgan fingerprint density at radius 2 is 2.04 bits per heavy atom. The number of ether oxygens (including phenoxy) is 1. The van der Waals surface area contributed by atoms with Crippen molar-refractivity contribution in [2.45, 2.75) is 19.4 Å². The van der Waals surface area contributed by atoms with Crippen LogP contribution in [0.2, 0.25) is 0 Å². The second kappa shape index (κ2) is 7.40. The third-order valence-electron chi connectivity index (χ3n) is 3.55. The van der Waals surface area contributed by atoms with E-state index in [1.54, 1.807) is 11.9 Å². The van der Waals surface area contributed by atoms with Crippen LogP contribution in [0.4, 0.5) is 4.79 Å². The molecule has 11 nitrogen and oxygen atoms in total. The van der Waals surface area contributed by atoms with Gasteiger partial charge in [-0.15, -0.1) is 4.28 Å². The van der Waals surface area contributed by atoms with Gasteiger partial charge >= 0.3 is 16.4 Å². The summed E-state index contributed by atoms with van der Waals surface area (Å²) in [6.07, 6.45) is 0.172. The number of hydroxylamine groups is 2. The van der Waals surface area contributed by atoms with Crippen molar-refractivity contribution in [1.29, 1.82) is 0 Å². The molecule has 0 aromatic carbocycles. The van der Waals surface area contributed by atoms with Crippen molar-refractivity contribution in [3.8, 4) is 0 Å². The zero-order chi connectivity index (χ0) is 17.0. The summed E-state index contributed by atoms with van der Waals surface area (Å²) in [6, 6.07) is -1.53. The fraction of sp³-hybridized carbons (Fsp3) is 0.818. The van der Waals surface area contributed by atoms with Crippen molar-refractivity contribution < 1.29 is 31.6 Å². The zero-order valence-electron chi connectivity index (χ0n) is 12.7. The molecule has 2 saturated heterocycles. The summed E-state index contributed by atoms with van der Waals surface area (Å²) in [4.78, 5) is 25.7. The number of morpholine rings is 1. The Morgan fingerprint density at radius 1 is 1.39 bits per heavy atom. The lowest BCUT2D eigenvalue weighted by atomic mass is 10.1. The smallest absolute Gasteiger partial charge is 0.379 e. The van der Waals surface area contributed by atoms with E-state index in [1.807, 2.05) is 0 Å². The summed E-state index contributed by atoms with van der Waals surface area (Å²) in [6.45, 7) is 3.84. The lowest BCUT2D eigenvalue weighted by Crippen LogP contribution is -2.61. The van der Waals surface area contributed by atoms with E-state index >= 15 is 0 Å². The summed E-state index contributed by atoms with van der Waals surface area (Å²) in [5.41, 5.74) is 2.73. The standard InChI is InChI=1S/C11H20N4O7S/c1-2-14-9(10(16)12-13-5-7-21-8-6-13)3-4-15(11(14)17)22-23(18,19)20/h9H,2-8H2,1H3,(H,12,16)(H,18,19,20)/t9-/m0/s1. The Kier molecular flexibility index (Phi) is 5.75. The molecule has 23 heavy (non-hydrogen) atoms. The van der Waals surface area contributed by atoms with E-state index in [0.29, 0.717) is 31.4 Å². The van der Waals surface area contributed by atoms with Crippen molar-refractivity contribution in [2.24, 2.45) is 0 Å². The average Bonchev–Trinajstić information content (AvgIpc) is 2.48. The topological polar surface area (TPSA) is 129 Å². The lowest BCUT2D eigenvalue weighted by molar-refractivity contribution is -0.136. The van der Waals surface area contributed by atoms with Crippen LogP contribution >= 0.6 is 0 Å². The Morgan fingerprint density at radius 3 is 2.61 bits per heavy atom. The van der Waals surface area contributed by atoms with E-state index < -0.39 is 22.5 Å². The molecule has 2 aliphatic rings. The number of likely N-dealkylation sites (N-methyl/N-ethyl adjacent to an activating group) is 1. The number of hydrazine groups is 1. The molecule has 0 aromatic heterocycles. The highest BCUT2D eigenvalue weighted by Crippen LogP contribution is 2.18. The maximum atomic E-state index is 12.4. The number of carbonyl (C=O) groups is 2. The van der Waals surface area contributed by atoms with Crippen molar-refractivity contribution in [1.82, 2.24) is 20.4 Å². The van der Waals surface area contributed by atoms with Crippen LogP contribution in [0.25, 0.3) is 0 Å². The minimum atomic E-state index is -4.79. The molecule has 2 rings (SSSR count). The molecule has 2 heterocycles. The van der Waals surface area contributed by atoms with E-state index in [9.17, 15) is 18.0 Å². The number of nitrogens with zero attached hydrogens (tertiary/aromatic N) is 3. The van der Waals surface area contributed by atoms with Crippen molar-refractivity contribution >= 4 is 22.3 Å². The first-order chi connectivity index (χ1) is 10.8. The number of urea groups is 1. The van der Waals surface area contributed by atoms with Gasteiger partial charge in [-0.3, -0.25) is 14.8 Å². The quantitative estimate of drug-likeness (QED) is 0.578. The Labute approximate surface area is 134 Å². The Hall–Kier alpha value is -1.47. The van der Waals surface area contributed by atoms with Crippen LogP contribution in [0, 0.1) is 0 Å². The van der Waals surface area contributed by atoms with Crippen LogP contribution in [-0.4, -0.2) is 85.3 Å². The van der Waals surface area contributed by atoms with Gasteiger partial charge < -0.3 is 9.64 Å². The third kappa shape index (κ3) is 4.75. The summed E-state index contributed by atoms with van der Waals surface area (Å²) < 4.78 is 39.6. The van der Waals surface area contributed by atoms with Crippen LogP contribution in [0.1, 0.15) is 13.3 Å². The Balaban J connectivity index is 1.99. The van der Waals surface area contributed by atoms with Crippen LogP contribution in [0.15, 0.2) is 0 Å². The highest BCUT2D eigenvalue weighted by molar-refractivity contribution is 7.80. The van der Waals surface area contributed by atoms with E-state index in [0.717, 1.165) is 0 Å². The SMILES string of the molecule is CCN1C(=O)N(OS(=O)(=O)O)CC[C@H]1C(=O)NN1CCOCC1. The molecule has 0 radical (unpaired) electrons. The van der Waals surface area contributed by atoms with Crippen LogP contribution < -0.4 is 5.43 Å². The van der Waals surface area contributed by atoms with Crippen LogP contribution in [-0.2, 0) is 24.2 Å². The minimum Gasteiger partial charge on any atom is -0.379 e. The molecule has 0 spiro atoms. The zero-order valence-corrected chi connectivity index (χ0v) is 13.5. The summed E-state index contributed by atoms with van der Waals surface area (Å²) >= 11 is 0.